The van der Waals surface area contributed by atoms with E-state index in [2.05, 4.69) is 15.5 Å². The number of ether oxygens (including phenoxy) is 1. The Bertz CT molecular complexity index is 433. The number of carbonyl (C=O) groups is 1. The lowest BCUT2D eigenvalue weighted by Gasteiger charge is -2.26. The predicted octanol–water partition coefficient (Wildman–Crippen LogP) is 1.59. The summed E-state index contributed by atoms with van der Waals surface area (Å²) < 4.78 is 5.28. The van der Waals surface area contributed by atoms with Crippen LogP contribution in [0.15, 0.2) is 24.3 Å². The summed E-state index contributed by atoms with van der Waals surface area (Å²) in [4.78, 5) is 14.0. The van der Waals surface area contributed by atoms with Gasteiger partial charge in [0, 0.05) is 49.9 Å². The monoisotopic (exact) mass is 311 g/mol. The molecule has 2 N–H and O–H groups in total. The van der Waals surface area contributed by atoms with Gasteiger partial charge in [-0.25, -0.2) is 0 Å². The molecule has 6 heteroatoms. The average molecular weight is 312 g/mol. The number of anilines is 1. The zero-order chi connectivity index (χ0) is 14.9. The summed E-state index contributed by atoms with van der Waals surface area (Å²) in [5.74, 6) is 0.0738. The van der Waals surface area contributed by atoms with Crippen LogP contribution in [-0.2, 0) is 9.53 Å². The average Bonchev–Trinajstić information content (AvgIpc) is 2.50. The minimum Gasteiger partial charge on any atom is -0.385 e. The lowest BCUT2D eigenvalue weighted by Crippen LogP contribution is -2.41. The second-order valence-corrected chi connectivity index (χ2v) is 5.42. The predicted molar refractivity (Wildman–Crippen MR) is 84.8 cm³/mol. The van der Waals surface area contributed by atoms with Gasteiger partial charge in [-0.3, -0.25) is 9.69 Å². The van der Waals surface area contributed by atoms with Gasteiger partial charge in [0.05, 0.1) is 13.2 Å². The number of rotatable bonds is 7. The molecule has 0 spiro atoms. The van der Waals surface area contributed by atoms with Crippen molar-refractivity contribution in [3.8, 4) is 0 Å². The Balaban J connectivity index is 1.54. The first-order valence-electron chi connectivity index (χ1n) is 7.30. The van der Waals surface area contributed by atoms with Crippen LogP contribution in [0.4, 0.5) is 5.69 Å². The van der Waals surface area contributed by atoms with E-state index in [1.807, 2.05) is 24.3 Å². The van der Waals surface area contributed by atoms with E-state index in [0.717, 1.165) is 38.5 Å². The van der Waals surface area contributed by atoms with Crippen LogP contribution in [0, 0.1) is 0 Å². The van der Waals surface area contributed by atoms with E-state index in [9.17, 15) is 4.79 Å². The highest BCUT2D eigenvalue weighted by Crippen LogP contribution is 2.13. The van der Waals surface area contributed by atoms with Crippen molar-refractivity contribution in [2.75, 3.05) is 51.3 Å². The summed E-state index contributed by atoms with van der Waals surface area (Å²) in [5, 5.41) is 6.85. The van der Waals surface area contributed by atoms with Crippen LogP contribution in [0.25, 0.3) is 0 Å². The standard InChI is InChI=1S/C15H22ClN3O2/c16-13-1-3-14(4-2-13)17-6-5-15(20)18-7-8-19-9-11-21-12-10-19/h1-4,17H,5-12H2,(H,18,20). The zero-order valence-corrected chi connectivity index (χ0v) is 12.9. The molecule has 0 unspecified atom stereocenters. The minimum absolute atomic E-state index is 0.0738. The number of nitrogens with one attached hydrogen (secondary N) is 2. The number of hydrogen-bond acceptors (Lipinski definition) is 4. The third-order valence-electron chi connectivity index (χ3n) is 3.38. The summed E-state index contributed by atoms with van der Waals surface area (Å²) in [6.45, 7) is 5.68. The second kappa shape index (κ2) is 8.87. The molecule has 2 rings (SSSR count). The van der Waals surface area contributed by atoms with E-state index in [4.69, 9.17) is 16.3 Å². The zero-order valence-electron chi connectivity index (χ0n) is 12.1. The van der Waals surface area contributed by atoms with Gasteiger partial charge in [-0.05, 0) is 24.3 Å². The molecule has 0 saturated carbocycles. The summed E-state index contributed by atoms with van der Waals surface area (Å²) in [7, 11) is 0. The number of nitrogens with zero attached hydrogens (tertiary/aromatic N) is 1. The van der Waals surface area contributed by atoms with Crippen molar-refractivity contribution in [2.45, 2.75) is 6.42 Å². The van der Waals surface area contributed by atoms with Gasteiger partial charge < -0.3 is 15.4 Å². The molecule has 1 aromatic rings. The molecule has 1 heterocycles. The Morgan fingerprint density at radius 1 is 1.19 bits per heavy atom. The lowest BCUT2D eigenvalue weighted by atomic mass is 10.3. The highest BCUT2D eigenvalue weighted by atomic mass is 35.5. The fourth-order valence-corrected chi connectivity index (χ4v) is 2.28. The molecule has 0 bridgehead atoms. The molecule has 1 aliphatic heterocycles. The number of amides is 1. The Hall–Kier alpha value is -1.30. The second-order valence-electron chi connectivity index (χ2n) is 4.99. The fraction of sp³-hybridized carbons (Fsp3) is 0.533. The molecule has 0 radical (unpaired) electrons. The molecule has 1 aromatic carbocycles. The maximum absolute atomic E-state index is 11.7. The Morgan fingerprint density at radius 2 is 1.90 bits per heavy atom. The molecule has 21 heavy (non-hydrogen) atoms. The van der Waals surface area contributed by atoms with E-state index in [0.29, 0.717) is 24.5 Å². The highest BCUT2D eigenvalue weighted by molar-refractivity contribution is 6.30. The largest absolute Gasteiger partial charge is 0.385 e. The molecule has 1 fully saturated rings. The van der Waals surface area contributed by atoms with Crippen LogP contribution in [0.5, 0.6) is 0 Å². The minimum atomic E-state index is 0.0738. The van der Waals surface area contributed by atoms with E-state index in [1.165, 1.54) is 0 Å². The Labute approximate surface area is 130 Å². The number of halogens is 1. The first-order chi connectivity index (χ1) is 10.2. The van der Waals surface area contributed by atoms with Gasteiger partial charge in [-0.2, -0.15) is 0 Å². The van der Waals surface area contributed by atoms with Gasteiger partial charge in [0.2, 0.25) is 5.91 Å². The Kier molecular flexibility index (Phi) is 6.79. The Morgan fingerprint density at radius 3 is 2.62 bits per heavy atom. The lowest BCUT2D eigenvalue weighted by molar-refractivity contribution is -0.120. The maximum atomic E-state index is 11.7. The van der Waals surface area contributed by atoms with Crippen molar-refractivity contribution in [1.82, 2.24) is 10.2 Å². The fourth-order valence-electron chi connectivity index (χ4n) is 2.15. The van der Waals surface area contributed by atoms with E-state index < -0.39 is 0 Å². The third-order valence-corrected chi connectivity index (χ3v) is 3.63. The molecule has 1 aliphatic rings. The van der Waals surface area contributed by atoms with Gasteiger partial charge in [-0.15, -0.1) is 0 Å². The van der Waals surface area contributed by atoms with Crippen LogP contribution in [0.2, 0.25) is 5.02 Å². The summed E-state index contributed by atoms with van der Waals surface area (Å²) in [6.07, 6.45) is 0.464. The van der Waals surface area contributed by atoms with Crippen LogP contribution in [-0.4, -0.2) is 56.7 Å². The van der Waals surface area contributed by atoms with Gasteiger partial charge >= 0.3 is 0 Å². The van der Waals surface area contributed by atoms with Crippen LogP contribution < -0.4 is 10.6 Å². The summed E-state index contributed by atoms with van der Waals surface area (Å²) in [6, 6.07) is 7.45. The van der Waals surface area contributed by atoms with E-state index in [1.54, 1.807) is 0 Å². The number of benzene rings is 1. The molecular formula is C15H22ClN3O2. The van der Waals surface area contributed by atoms with Gasteiger partial charge in [0.25, 0.3) is 0 Å². The van der Waals surface area contributed by atoms with Gasteiger partial charge in [0.15, 0.2) is 0 Å². The van der Waals surface area contributed by atoms with E-state index in [-0.39, 0.29) is 5.91 Å². The highest BCUT2D eigenvalue weighted by Gasteiger charge is 2.09. The number of hydrogen-bond donors (Lipinski definition) is 2. The first kappa shape index (κ1) is 16.1. The normalized spacial score (nSPS) is 15.7. The maximum Gasteiger partial charge on any atom is 0.221 e. The molecule has 116 valence electrons. The third kappa shape index (κ3) is 6.33. The van der Waals surface area contributed by atoms with Gasteiger partial charge in [-0.1, -0.05) is 11.6 Å². The summed E-state index contributed by atoms with van der Waals surface area (Å²) in [5.41, 5.74) is 0.973. The van der Waals surface area contributed by atoms with Crippen molar-refractivity contribution >= 4 is 23.2 Å². The number of morpholine rings is 1. The van der Waals surface area contributed by atoms with Gasteiger partial charge in [0.1, 0.15) is 0 Å². The first-order valence-corrected chi connectivity index (χ1v) is 7.68. The topological polar surface area (TPSA) is 53.6 Å². The molecule has 0 aromatic heterocycles. The molecular weight excluding hydrogens is 290 g/mol. The molecule has 0 atom stereocenters. The molecule has 0 aliphatic carbocycles. The van der Waals surface area contributed by atoms with Crippen LogP contribution in [0.3, 0.4) is 0 Å². The van der Waals surface area contributed by atoms with Crippen molar-refractivity contribution in [3.05, 3.63) is 29.3 Å². The van der Waals surface area contributed by atoms with Crippen molar-refractivity contribution in [1.29, 1.82) is 0 Å². The summed E-state index contributed by atoms with van der Waals surface area (Å²) >= 11 is 5.81. The number of carbonyl (C=O) groups excluding carboxylic acids is 1. The smallest absolute Gasteiger partial charge is 0.221 e. The van der Waals surface area contributed by atoms with E-state index >= 15 is 0 Å². The SMILES string of the molecule is O=C(CCNc1ccc(Cl)cc1)NCCN1CCOCC1. The van der Waals surface area contributed by atoms with Crippen molar-refractivity contribution in [2.24, 2.45) is 0 Å². The molecule has 1 amide bonds. The van der Waals surface area contributed by atoms with Crippen molar-refractivity contribution < 1.29 is 9.53 Å². The molecule has 5 nitrogen and oxygen atoms in total. The van der Waals surface area contributed by atoms with Crippen molar-refractivity contribution in [3.63, 3.8) is 0 Å². The quantitative estimate of drug-likeness (QED) is 0.803. The van der Waals surface area contributed by atoms with Crippen LogP contribution >= 0.6 is 11.6 Å². The molecule has 1 saturated heterocycles. The van der Waals surface area contributed by atoms with Crippen LogP contribution in [0.1, 0.15) is 6.42 Å².